The third-order valence-corrected chi connectivity index (χ3v) is 3.45. The number of carbonyl (C=O) groups is 2. The summed E-state index contributed by atoms with van der Waals surface area (Å²) in [5, 5.41) is 6.28. The number of rotatable bonds is 7. The molecule has 0 aromatic heterocycles. The molecule has 0 saturated heterocycles. The van der Waals surface area contributed by atoms with Crippen LogP contribution in [0.4, 0.5) is 5.69 Å². The van der Waals surface area contributed by atoms with Crippen molar-refractivity contribution in [1.82, 2.24) is 5.43 Å². The zero-order valence-electron chi connectivity index (χ0n) is 15.3. The molecule has 0 aliphatic rings. The van der Waals surface area contributed by atoms with Gasteiger partial charge in [0.2, 0.25) is 0 Å². The van der Waals surface area contributed by atoms with Gasteiger partial charge in [0, 0.05) is 11.6 Å². The Morgan fingerprint density at radius 3 is 2.52 bits per heavy atom. The Hall–Kier alpha value is -3.55. The molecule has 0 aliphatic carbocycles. The van der Waals surface area contributed by atoms with Gasteiger partial charge < -0.3 is 19.5 Å². The van der Waals surface area contributed by atoms with Gasteiger partial charge in [-0.2, -0.15) is 5.10 Å². The van der Waals surface area contributed by atoms with Crippen molar-refractivity contribution in [2.75, 3.05) is 26.1 Å². The van der Waals surface area contributed by atoms with Gasteiger partial charge in [0.05, 0.1) is 32.7 Å². The van der Waals surface area contributed by atoms with Gasteiger partial charge in [-0.3, -0.25) is 9.59 Å². The van der Waals surface area contributed by atoms with E-state index < -0.39 is 11.8 Å². The Morgan fingerprint density at radius 1 is 1.04 bits per heavy atom. The van der Waals surface area contributed by atoms with Gasteiger partial charge in [-0.25, -0.2) is 5.43 Å². The average molecular weight is 371 g/mol. The fourth-order valence-electron chi connectivity index (χ4n) is 2.17. The van der Waals surface area contributed by atoms with Crippen molar-refractivity contribution >= 4 is 23.7 Å². The molecule has 0 saturated carbocycles. The number of hydrazone groups is 1. The van der Waals surface area contributed by atoms with Crippen LogP contribution in [-0.4, -0.2) is 38.9 Å². The summed E-state index contributed by atoms with van der Waals surface area (Å²) in [7, 11) is 3.05. The number of methoxy groups -OCH3 is 2. The smallest absolute Gasteiger partial charge is 0.329 e. The van der Waals surface area contributed by atoms with Crippen LogP contribution in [0.1, 0.15) is 12.5 Å². The van der Waals surface area contributed by atoms with E-state index in [1.165, 1.54) is 13.3 Å². The van der Waals surface area contributed by atoms with Crippen LogP contribution in [-0.2, 0) is 9.59 Å². The molecule has 0 unspecified atom stereocenters. The lowest BCUT2D eigenvalue weighted by molar-refractivity contribution is -0.136. The first-order valence-electron chi connectivity index (χ1n) is 8.17. The maximum absolute atomic E-state index is 12.0. The molecule has 0 radical (unpaired) electrons. The minimum Gasteiger partial charge on any atom is -0.497 e. The van der Waals surface area contributed by atoms with Crippen molar-refractivity contribution in [2.45, 2.75) is 6.92 Å². The van der Waals surface area contributed by atoms with E-state index >= 15 is 0 Å². The molecule has 2 aromatic carbocycles. The maximum atomic E-state index is 12.0. The van der Waals surface area contributed by atoms with Crippen LogP contribution >= 0.6 is 0 Å². The van der Waals surface area contributed by atoms with Crippen LogP contribution < -0.4 is 25.0 Å². The van der Waals surface area contributed by atoms with E-state index in [1.807, 2.05) is 6.92 Å². The van der Waals surface area contributed by atoms with Gasteiger partial charge in [-0.1, -0.05) is 12.1 Å². The van der Waals surface area contributed by atoms with Gasteiger partial charge in [0.1, 0.15) is 17.2 Å². The second-order valence-electron chi connectivity index (χ2n) is 5.19. The van der Waals surface area contributed by atoms with E-state index in [0.717, 1.165) is 0 Å². The number of hydrogen-bond donors (Lipinski definition) is 2. The van der Waals surface area contributed by atoms with Crippen LogP contribution in [0.3, 0.4) is 0 Å². The highest BCUT2D eigenvalue weighted by Crippen LogP contribution is 2.24. The number of amides is 2. The van der Waals surface area contributed by atoms with Crippen LogP contribution in [0.15, 0.2) is 47.6 Å². The monoisotopic (exact) mass is 371 g/mol. The number of para-hydroxylation sites is 2. The van der Waals surface area contributed by atoms with Crippen LogP contribution in [0.25, 0.3) is 0 Å². The number of hydrogen-bond acceptors (Lipinski definition) is 6. The first-order chi connectivity index (χ1) is 13.1. The van der Waals surface area contributed by atoms with E-state index in [-0.39, 0.29) is 0 Å². The normalized spacial score (nSPS) is 10.3. The topological polar surface area (TPSA) is 98.2 Å². The summed E-state index contributed by atoms with van der Waals surface area (Å²) in [6, 6.07) is 12.0. The molecular weight excluding hydrogens is 350 g/mol. The van der Waals surface area contributed by atoms with Crippen molar-refractivity contribution in [2.24, 2.45) is 5.10 Å². The first kappa shape index (κ1) is 19.8. The zero-order chi connectivity index (χ0) is 19.6. The number of anilines is 1. The Balaban J connectivity index is 1.99. The van der Waals surface area contributed by atoms with Gasteiger partial charge in [-0.15, -0.1) is 0 Å². The first-order valence-corrected chi connectivity index (χ1v) is 8.17. The van der Waals surface area contributed by atoms with Crippen molar-refractivity contribution in [3.05, 3.63) is 48.0 Å². The number of ether oxygens (including phenoxy) is 3. The lowest BCUT2D eigenvalue weighted by Gasteiger charge is -2.10. The molecule has 8 heteroatoms. The highest BCUT2D eigenvalue weighted by atomic mass is 16.5. The van der Waals surface area contributed by atoms with Crippen molar-refractivity contribution in [3.63, 3.8) is 0 Å². The molecule has 0 bridgehead atoms. The number of nitrogens with zero attached hydrogens (tertiary/aromatic N) is 1. The molecule has 2 rings (SSSR count). The molecule has 0 spiro atoms. The van der Waals surface area contributed by atoms with Crippen LogP contribution in [0.5, 0.6) is 17.2 Å². The van der Waals surface area contributed by atoms with Crippen molar-refractivity contribution < 1.29 is 23.8 Å². The summed E-state index contributed by atoms with van der Waals surface area (Å²) in [5.74, 6) is -0.151. The molecule has 27 heavy (non-hydrogen) atoms. The minimum absolute atomic E-state index is 0.403. The maximum Gasteiger partial charge on any atom is 0.329 e. The molecule has 0 heterocycles. The van der Waals surface area contributed by atoms with Crippen molar-refractivity contribution in [3.8, 4) is 17.2 Å². The molecule has 0 atom stereocenters. The van der Waals surface area contributed by atoms with Crippen molar-refractivity contribution in [1.29, 1.82) is 0 Å². The largest absolute Gasteiger partial charge is 0.497 e. The molecule has 2 amide bonds. The summed E-state index contributed by atoms with van der Waals surface area (Å²) < 4.78 is 15.7. The summed E-state index contributed by atoms with van der Waals surface area (Å²) >= 11 is 0. The predicted molar refractivity (Wildman–Crippen MR) is 102 cm³/mol. The van der Waals surface area contributed by atoms with Gasteiger partial charge in [0.25, 0.3) is 0 Å². The molecule has 142 valence electrons. The van der Waals surface area contributed by atoms with Gasteiger partial charge >= 0.3 is 11.8 Å². The Kier molecular flexibility index (Phi) is 7.18. The quantitative estimate of drug-likeness (QED) is 0.442. The molecule has 0 fully saturated rings. The van der Waals surface area contributed by atoms with E-state index in [9.17, 15) is 9.59 Å². The molecular formula is C19H21N3O5. The Morgan fingerprint density at radius 2 is 1.81 bits per heavy atom. The Labute approximate surface area is 157 Å². The van der Waals surface area contributed by atoms with E-state index in [2.05, 4.69) is 15.8 Å². The SMILES string of the molecule is CCOc1ccccc1NC(=O)C(=O)N/N=C/c1ccc(OC)cc1OC. The standard InChI is InChI=1S/C19H21N3O5/c1-4-27-16-8-6-5-7-15(16)21-18(23)19(24)22-20-12-13-9-10-14(25-2)11-17(13)26-3/h5-12H,4H2,1-3H3,(H,21,23)(H,22,24)/b20-12+. The minimum atomic E-state index is -0.912. The Bertz CT molecular complexity index is 836. The summed E-state index contributed by atoms with van der Waals surface area (Å²) in [4.78, 5) is 24.0. The lowest BCUT2D eigenvalue weighted by atomic mass is 10.2. The van der Waals surface area contributed by atoms with E-state index in [4.69, 9.17) is 14.2 Å². The fraction of sp³-hybridized carbons (Fsp3) is 0.211. The number of carbonyl (C=O) groups excluding carboxylic acids is 2. The zero-order valence-corrected chi connectivity index (χ0v) is 15.3. The second-order valence-corrected chi connectivity index (χ2v) is 5.19. The van der Waals surface area contributed by atoms with Crippen LogP contribution in [0, 0.1) is 0 Å². The fourth-order valence-corrected chi connectivity index (χ4v) is 2.17. The lowest BCUT2D eigenvalue weighted by Crippen LogP contribution is -2.32. The number of benzene rings is 2. The molecule has 2 N–H and O–H groups in total. The third-order valence-electron chi connectivity index (χ3n) is 3.45. The molecule has 8 nitrogen and oxygen atoms in total. The number of nitrogens with one attached hydrogen (secondary N) is 2. The highest BCUT2D eigenvalue weighted by Gasteiger charge is 2.15. The third kappa shape index (κ3) is 5.46. The highest BCUT2D eigenvalue weighted by molar-refractivity contribution is 6.39. The van der Waals surface area contributed by atoms with E-state index in [1.54, 1.807) is 49.6 Å². The summed E-state index contributed by atoms with van der Waals surface area (Å²) in [6.45, 7) is 2.26. The van der Waals surface area contributed by atoms with Gasteiger partial charge in [0.15, 0.2) is 0 Å². The molecule has 0 aliphatic heterocycles. The summed E-state index contributed by atoms with van der Waals surface area (Å²) in [6.07, 6.45) is 1.37. The molecule has 2 aromatic rings. The summed E-state index contributed by atoms with van der Waals surface area (Å²) in [5.41, 5.74) is 3.19. The average Bonchev–Trinajstić information content (AvgIpc) is 2.69. The van der Waals surface area contributed by atoms with Gasteiger partial charge in [-0.05, 0) is 31.2 Å². The predicted octanol–water partition coefficient (Wildman–Crippen LogP) is 2.19. The van der Waals surface area contributed by atoms with E-state index in [0.29, 0.717) is 35.1 Å². The van der Waals surface area contributed by atoms with Crippen LogP contribution in [0.2, 0.25) is 0 Å². The second kappa shape index (κ2) is 9.81.